The van der Waals surface area contributed by atoms with Crippen LogP contribution < -0.4 is 4.90 Å². The van der Waals surface area contributed by atoms with Gasteiger partial charge in [-0.05, 0) is 156 Å². The van der Waals surface area contributed by atoms with Gasteiger partial charge in [0, 0.05) is 33.1 Å². The topological polar surface area (TPSA) is 16.4 Å². The minimum Gasteiger partial charge on any atom is -0.456 e. The zero-order chi connectivity index (χ0) is 34.0. The quantitative estimate of drug-likeness (QED) is 0.185. The Balaban J connectivity index is 1.03. The molecule has 0 radical (unpaired) electrons. The van der Waals surface area contributed by atoms with E-state index in [4.69, 9.17) is 4.42 Å². The molecular weight excluding hydrogens is 631 g/mol. The van der Waals surface area contributed by atoms with Crippen LogP contribution >= 0.6 is 0 Å². The molecule has 1 aromatic heterocycles. The van der Waals surface area contributed by atoms with Gasteiger partial charge in [0.05, 0.1) is 5.69 Å². The Morgan fingerprint density at radius 3 is 2.17 bits per heavy atom. The normalized spacial score (nSPS) is 24.8. The standard InChI is InChI=1S/C50H41NO/c1-2-9-35-29-40(22-18-33(35)8-1)51(39-20-16-34(17-21-39)36-19-23-42-41-10-4-6-15-47(41)52-48(42)30-36)46-14-7-13-45-49(46)43-11-3-5-12-44(43)50(45)37-25-31-24-32(27-37)28-38(50)26-31/h2-7,9-23,29-32,37-38H,1,8,24-28H2. The van der Waals surface area contributed by atoms with Gasteiger partial charge in [-0.3, -0.25) is 0 Å². The maximum absolute atomic E-state index is 6.28. The van der Waals surface area contributed by atoms with Crippen LogP contribution in [0.3, 0.4) is 0 Å². The second-order valence-corrected chi connectivity index (χ2v) is 16.4. The molecular formula is C50H41NO. The summed E-state index contributed by atoms with van der Waals surface area (Å²) in [4.78, 5) is 2.56. The summed E-state index contributed by atoms with van der Waals surface area (Å²) in [5.74, 6) is 3.34. The lowest BCUT2D eigenvalue weighted by Crippen LogP contribution is -2.55. The molecule has 1 heterocycles. The number of nitrogens with zero attached hydrogens (tertiary/aromatic N) is 1. The monoisotopic (exact) mass is 671 g/mol. The predicted molar refractivity (Wildman–Crippen MR) is 214 cm³/mol. The average Bonchev–Trinajstić information content (AvgIpc) is 3.71. The molecule has 52 heavy (non-hydrogen) atoms. The third-order valence-corrected chi connectivity index (χ3v) is 13.9. The number of hydrogen-bond acceptors (Lipinski definition) is 2. The van der Waals surface area contributed by atoms with Crippen molar-refractivity contribution < 1.29 is 4.42 Å². The molecule has 7 aromatic rings. The van der Waals surface area contributed by atoms with Crippen LogP contribution in [0.15, 0.2) is 138 Å². The first-order chi connectivity index (χ1) is 25.7. The van der Waals surface area contributed by atoms with E-state index in [-0.39, 0.29) is 5.41 Å². The highest BCUT2D eigenvalue weighted by molar-refractivity contribution is 6.06. The summed E-state index contributed by atoms with van der Waals surface area (Å²) in [6.45, 7) is 0. The summed E-state index contributed by atoms with van der Waals surface area (Å²) in [6.07, 6.45) is 13.9. The van der Waals surface area contributed by atoms with Crippen LogP contribution in [-0.2, 0) is 11.8 Å². The first kappa shape index (κ1) is 29.3. The largest absolute Gasteiger partial charge is 0.456 e. The van der Waals surface area contributed by atoms with Crippen LogP contribution in [0, 0.1) is 23.7 Å². The van der Waals surface area contributed by atoms with E-state index in [9.17, 15) is 0 Å². The second-order valence-electron chi connectivity index (χ2n) is 16.4. The molecule has 2 heteroatoms. The van der Waals surface area contributed by atoms with Crippen molar-refractivity contribution in [3.8, 4) is 22.3 Å². The van der Waals surface area contributed by atoms with Gasteiger partial charge in [0.25, 0.3) is 0 Å². The van der Waals surface area contributed by atoms with E-state index in [1.165, 1.54) is 93.3 Å². The fourth-order valence-corrected chi connectivity index (χ4v) is 12.1. The molecule has 1 spiro atoms. The Bertz CT molecular complexity index is 2570. The molecule has 6 aromatic carbocycles. The molecule has 0 amide bonds. The third kappa shape index (κ3) is 4.01. The van der Waals surface area contributed by atoms with Crippen molar-refractivity contribution >= 4 is 45.1 Å². The average molecular weight is 672 g/mol. The van der Waals surface area contributed by atoms with Crippen molar-refractivity contribution in [2.75, 3.05) is 4.90 Å². The molecule has 6 aliphatic rings. The molecule has 0 unspecified atom stereocenters. The van der Waals surface area contributed by atoms with Crippen molar-refractivity contribution in [2.24, 2.45) is 23.7 Å². The molecule has 252 valence electrons. The van der Waals surface area contributed by atoms with Crippen LogP contribution in [-0.4, -0.2) is 0 Å². The molecule has 0 atom stereocenters. The summed E-state index contributed by atoms with van der Waals surface area (Å²) < 4.78 is 6.28. The van der Waals surface area contributed by atoms with Gasteiger partial charge in [0.15, 0.2) is 0 Å². The number of benzene rings is 6. The van der Waals surface area contributed by atoms with E-state index in [0.29, 0.717) is 0 Å². The molecule has 4 saturated carbocycles. The maximum atomic E-state index is 6.28. The second kappa shape index (κ2) is 10.8. The third-order valence-electron chi connectivity index (χ3n) is 13.9. The van der Waals surface area contributed by atoms with E-state index in [2.05, 4.69) is 138 Å². The lowest BCUT2D eigenvalue weighted by molar-refractivity contribution is -0.0399. The lowest BCUT2D eigenvalue weighted by atomic mass is 9.43. The van der Waals surface area contributed by atoms with Gasteiger partial charge in [0.2, 0.25) is 0 Å². The van der Waals surface area contributed by atoms with Gasteiger partial charge in [-0.15, -0.1) is 0 Å². The van der Waals surface area contributed by atoms with Gasteiger partial charge >= 0.3 is 0 Å². The van der Waals surface area contributed by atoms with E-state index < -0.39 is 0 Å². The number of fused-ring (bicyclic) bond motifs is 7. The Hall–Kier alpha value is -5.34. The first-order valence-electron chi connectivity index (χ1n) is 19.6. The summed E-state index contributed by atoms with van der Waals surface area (Å²) in [7, 11) is 0. The smallest absolute Gasteiger partial charge is 0.136 e. The SMILES string of the molecule is C1=Cc2cc(N(c3ccc(-c4ccc5c(c4)oc4ccccc45)cc3)c3cccc4c3-c3ccccc3C43C4CC5CC(C4)CC3C5)ccc2CC1. The number of hydrogen-bond donors (Lipinski definition) is 0. The molecule has 4 fully saturated rings. The molecule has 4 bridgehead atoms. The fourth-order valence-electron chi connectivity index (χ4n) is 12.1. The summed E-state index contributed by atoms with van der Waals surface area (Å²) in [6, 6.07) is 48.2. The van der Waals surface area contributed by atoms with Crippen molar-refractivity contribution in [1.82, 2.24) is 0 Å². The predicted octanol–water partition coefficient (Wildman–Crippen LogP) is 13.4. The van der Waals surface area contributed by atoms with E-state index in [0.717, 1.165) is 47.7 Å². The van der Waals surface area contributed by atoms with Crippen LogP contribution in [0.2, 0.25) is 0 Å². The van der Waals surface area contributed by atoms with Crippen molar-refractivity contribution in [1.29, 1.82) is 0 Å². The van der Waals surface area contributed by atoms with Crippen molar-refractivity contribution in [2.45, 2.75) is 50.4 Å². The number of rotatable bonds is 4. The Labute approximate surface area is 305 Å². The Kier molecular flexibility index (Phi) is 6.10. The number of aryl methyl sites for hydroxylation is 1. The van der Waals surface area contributed by atoms with Crippen LogP contribution in [0.5, 0.6) is 0 Å². The fraction of sp³-hybridized carbons (Fsp3) is 0.240. The van der Waals surface area contributed by atoms with Crippen molar-refractivity contribution in [3.63, 3.8) is 0 Å². The number of furan rings is 1. The highest BCUT2D eigenvalue weighted by atomic mass is 16.3. The zero-order valence-corrected chi connectivity index (χ0v) is 29.4. The highest BCUT2D eigenvalue weighted by Gasteiger charge is 2.61. The Morgan fingerprint density at radius 2 is 1.31 bits per heavy atom. The molecule has 0 saturated heterocycles. The molecule has 0 aliphatic heterocycles. The van der Waals surface area contributed by atoms with E-state index >= 15 is 0 Å². The molecule has 0 N–H and O–H groups in total. The van der Waals surface area contributed by atoms with Crippen molar-refractivity contribution in [3.05, 3.63) is 156 Å². The first-order valence-corrected chi connectivity index (χ1v) is 19.6. The number of anilines is 3. The van der Waals surface area contributed by atoms with Crippen LogP contribution in [0.4, 0.5) is 17.1 Å². The van der Waals surface area contributed by atoms with Gasteiger partial charge in [-0.2, -0.15) is 0 Å². The van der Waals surface area contributed by atoms with Crippen LogP contribution in [0.1, 0.15) is 60.8 Å². The summed E-state index contributed by atoms with van der Waals surface area (Å²) in [5, 5.41) is 2.33. The minimum atomic E-state index is 0.138. The zero-order valence-electron chi connectivity index (χ0n) is 29.4. The lowest BCUT2D eigenvalue weighted by Gasteiger charge is -2.61. The molecule has 6 aliphatic carbocycles. The van der Waals surface area contributed by atoms with Crippen LogP contribution in [0.25, 0.3) is 50.3 Å². The summed E-state index contributed by atoms with van der Waals surface area (Å²) in [5.41, 5.74) is 17.0. The van der Waals surface area contributed by atoms with Gasteiger partial charge in [0.1, 0.15) is 11.2 Å². The van der Waals surface area contributed by atoms with Gasteiger partial charge in [-0.1, -0.05) is 91.0 Å². The van der Waals surface area contributed by atoms with Gasteiger partial charge < -0.3 is 9.32 Å². The summed E-state index contributed by atoms with van der Waals surface area (Å²) >= 11 is 0. The number of allylic oxidation sites excluding steroid dienone is 1. The number of para-hydroxylation sites is 1. The highest BCUT2D eigenvalue weighted by Crippen LogP contribution is 2.70. The maximum Gasteiger partial charge on any atom is 0.136 e. The Morgan fingerprint density at radius 1 is 0.577 bits per heavy atom. The molecule has 2 nitrogen and oxygen atoms in total. The minimum absolute atomic E-state index is 0.138. The van der Waals surface area contributed by atoms with E-state index in [1.807, 2.05) is 6.07 Å². The van der Waals surface area contributed by atoms with E-state index in [1.54, 1.807) is 11.1 Å². The molecule has 13 rings (SSSR count). The van der Waals surface area contributed by atoms with Gasteiger partial charge in [-0.25, -0.2) is 0 Å².